The summed E-state index contributed by atoms with van der Waals surface area (Å²) in [5.74, 6) is -4.67. The zero-order valence-corrected chi connectivity index (χ0v) is 10.2. The van der Waals surface area contributed by atoms with E-state index in [1.165, 1.54) is 18.3 Å². The van der Waals surface area contributed by atoms with Crippen LogP contribution >= 0.6 is 0 Å². The lowest BCUT2D eigenvalue weighted by Crippen LogP contribution is -2.34. The molecule has 0 saturated heterocycles. The Morgan fingerprint density at radius 1 is 1.48 bits per heavy atom. The highest BCUT2D eigenvalue weighted by Gasteiger charge is 2.45. The first-order valence-corrected chi connectivity index (χ1v) is 5.59. The van der Waals surface area contributed by atoms with E-state index in [0.29, 0.717) is 5.39 Å². The number of benzene rings is 1. The van der Waals surface area contributed by atoms with Crippen LogP contribution in [0.1, 0.15) is 0 Å². The molecule has 2 rings (SSSR count). The van der Waals surface area contributed by atoms with Crippen LogP contribution < -0.4 is 0 Å². The minimum absolute atomic E-state index is 0.0692. The smallest absolute Gasteiger partial charge is 0.404 e. The summed E-state index contributed by atoms with van der Waals surface area (Å²) in [6.45, 7) is -0.955. The number of carbonyl (C=O) groups is 1. The van der Waals surface area contributed by atoms with Crippen LogP contribution in [0.2, 0.25) is 0 Å². The van der Waals surface area contributed by atoms with Crippen molar-refractivity contribution in [3.05, 3.63) is 34.5 Å². The monoisotopic (exact) mass is 303 g/mol. The quantitative estimate of drug-likeness (QED) is 0.689. The first-order valence-electron chi connectivity index (χ1n) is 5.59. The van der Waals surface area contributed by atoms with Gasteiger partial charge in [-0.2, -0.15) is 18.3 Å². The Balaban J connectivity index is 2.44. The maximum Gasteiger partial charge on any atom is 0.404 e. The number of rotatable bonds is 4. The van der Waals surface area contributed by atoms with Gasteiger partial charge in [0.2, 0.25) is 0 Å². The van der Waals surface area contributed by atoms with Crippen molar-refractivity contribution in [2.75, 3.05) is 0 Å². The van der Waals surface area contributed by atoms with Gasteiger partial charge in [0, 0.05) is 17.5 Å². The van der Waals surface area contributed by atoms with Crippen molar-refractivity contribution in [1.29, 1.82) is 0 Å². The van der Waals surface area contributed by atoms with E-state index in [2.05, 4.69) is 5.10 Å². The SMILES string of the molecule is O=C(O)C(Cn1ncc2ccc([N+](=O)[O-])cc21)C(F)(F)F. The molecule has 0 fully saturated rings. The Labute approximate surface area is 114 Å². The largest absolute Gasteiger partial charge is 0.481 e. The second-order valence-electron chi connectivity index (χ2n) is 4.26. The molecule has 0 bridgehead atoms. The van der Waals surface area contributed by atoms with Gasteiger partial charge in [0.15, 0.2) is 5.92 Å². The van der Waals surface area contributed by atoms with Crippen molar-refractivity contribution in [2.45, 2.75) is 12.7 Å². The number of alkyl halides is 3. The molecule has 1 aromatic heterocycles. The molecular formula is C11H8F3N3O4. The lowest BCUT2D eigenvalue weighted by atomic mass is 10.1. The Morgan fingerprint density at radius 2 is 2.14 bits per heavy atom. The molecule has 0 aliphatic heterocycles. The fourth-order valence-corrected chi connectivity index (χ4v) is 1.81. The Bertz CT molecular complexity index is 710. The van der Waals surface area contributed by atoms with E-state index >= 15 is 0 Å². The number of carboxylic acids is 1. The second-order valence-corrected chi connectivity index (χ2v) is 4.26. The number of fused-ring (bicyclic) bond motifs is 1. The molecule has 0 spiro atoms. The Morgan fingerprint density at radius 3 is 2.67 bits per heavy atom. The summed E-state index contributed by atoms with van der Waals surface area (Å²) in [4.78, 5) is 20.7. The van der Waals surface area contributed by atoms with Crippen LogP contribution in [0, 0.1) is 16.0 Å². The number of carboxylic acid groups (broad SMARTS) is 1. The van der Waals surface area contributed by atoms with Gasteiger partial charge in [-0.05, 0) is 6.07 Å². The summed E-state index contributed by atoms with van der Waals surface area (Å²) in [6.07, 6.45) is -3.72. The van der Waals surface area contributed by atoms with Crippen molar-refractivity contribution in [2.24, 2.45) is 5.92 Å². The van der Waals surface area contributed by atoms with E-state index in [0.717, 1.165) is 10.7 Å². The molecule has 0 saturated carbocycles. The van der Waals surface area contributed by atoms with Crippen molar-refractivity contribution < 1.29 is 28.0 Å². The Kier molecular flexibility index (Phi) is 3.54. The summed E-state index contributed by atoms with van der Waals surface area (Å²) in [5.41, 5.74) is -0.247. The van der Waals surface area contributed by atoms with Gasteiger partial charge in [0.05, 0.1) is 23.2 Å². The summed E-state index contributed by atoms with van der Waals surface area (Å²) in [6, 6.07) is 3.57. The van der Waals surface area contributed by atoms with Gasteiger partial charge in [0.25, 0.3) is 5.69 Å². The van der Waals surface area contributed by atoms with Crippen LogP contribution in [0.4, 0.5) is 18.9 Å². The number of nitrogens with zero attached hydrogens (tertiary/aromatic N) is 3. The fourth-order valence-electron chi connectivity index (χ4n) is 1.81. The van der Waals surface area contributed by atoms with Gasteiger partial charge in [-0.25, -0.2) is 0 Å². The zero-order valence-electron chi connectivity index (χ0n) is 10.2. The van der Waals surface area contributed by atoms with Gasteiger partial charge in [0.1, 0.15) is 0 Å². The standard InChI is InChI=1S/C11H8F3N3O4/c12-11(13,14)8(10(18)19)5-16-9-3-7(17(20)21)2-1-6(9)4-15-16/h1-4,8H,5H2,(H,18,19). The molecule has 1 heterocycles. The van der Waals surface area contributed by atoms with Gasteiger partial charge in [-0.3, -0.25) is 19.6 Å². The third-order valence-electron chi connectivity index (χ3n) is 2.89. The van der Waals surface area contributed by atoms with E-state index in [1.807, 2.05) is 0 Å². The van der Waals surface area contributed by atoms with E-state index < -0.39 is 29.5 Å². The average molecular weight is 303 g/mol. The highest BCUT2D eigenvalue weighted by molar-refractivity contribution is 5.81. The molecule has 1 N–H and O–H groups in total. The minimum atomic E-state index is -4.94. The summed E-state index contributed by atoms with van der Waals surface area (Å²) >= 11 is 0. The first-order chi connectivity index (χ1) is 9.70. The molecule has 0 aliphatic rings. The molecule has 2 aromatic rings. The normalized spacial score (nSPS) is 13.3. The third kappa shape index (κ3) is 2.93. The number of halogens is 3. The summed E-state index contributed by atoms with van der Waals surface area (Å²) in [5, 5.41) is 23.4. The van der Waals surface area contributed by atoms with Crippen molar-refractivity contribution in [3.63, 3.8) is 0 Å². The van der Waals surface area contributed by atoms with Crippen molar-refractivity contribution >= 4 is 22.6 Å². The highest BCUT2D eigenvalue weighted by atomic mass is 19.4. The first kappa shape index (κ1) is 14.8. The molecule has 1 unspecified atom stereocenters. The molecule has 21 heavy (non-hydrogen) atoms. The van der Waals surface area contributed by atoms with Crippen LogP contribution in [-0.2, 0) is 11.3 Å². The van der Waals surface area contributed by atoms with Gasteiger partial charge in [-0.15, -0.1) is 0 Å². The third-order valence-corrected chi connectivity index (χ3v) is 2.89. The number of aliphatic carboxylic acids is 1. The van der Waals surface area contributed by atoms with E-state index in [1.54, 1.807) is 0 Å². The molecule has 7 nitrogen and oxygen atoms in total. The molecule has 112 valence electrons. The molecular weight excluding hydrogens is 295 g/mol. The summed E-state index contributed by atoms with van der Waals surface area (Å²) in [7, 11) is 0. The number of non-ortho nitro benzene ring substituents is 1. The number of nitro benzene ring substituents is 1. The zero-order chi connectivity index (χ0) is 15.8. The average Bonchev–Trinajstić information content (AvgIpc) is 2.76. The molecule has 0 aliphatic carbocycles. The second kappa shape index (κ2) is 5.04. The van der Waals surface area contributed by atoms with Gasteiger partial charge < -0.3 is 5.11 Å². The Hall–Kier alpha value is -2.65. The topological polar surface area (TPSA) is 98.3 Å². The predicted molar refractivity (Wildman–Crippen MR) is 63.6 cm³/mol. The molecule has 10 heteroatoms. The predicted octanol–water partition coefficient (Wildman–Crippen LogP) is 2.21. The number of hydrogen-bond acceptors (Lipinski definition) is 4. The molecule has 0 radical (unpaired) electrons. The maximum absolute atomic E-state index is 12.6. The number of nitro groups is 1. The van der Waals surface area contributed by atoms with Crippen LogP contribution in [0.25, 0.3) is 10.9 Å². The van der Waals surface area contributed by atoms with Crippen molar-refractivity contribution in [1.82, 2.24) is 9.78 Å². The van der Waals surface area contributed by atoms with Gasteiger partial charge >= 0.3 is 12.1 Å². The van der Waals surface area contributed by atoms with Crippen LogP contribution in [0.3, 0.4) is 0 Å². The lowest BCUT2D eigenvalue weighted by Gasteiger charge is -2.16. The van der Waals surface area contributed by atoms with E-state index in [-0.39, 0.29) is 11.2 Å². The number of aromatic nitrogens is 2. The fraction of sp³-hybridized carbons (Fsp3) is 0.273. The summed E-state index contributed by atoms with van der Waals surface area (Å²) < 4.78 is 38.7. The van der Waals surface area contributed by atoms with Crippen molar-refractivity contribution in [3.8, 4) is 0 Å². The van der Waals surface area contributed by atoms with Crippen LogP contribution in [0.5, 0.6) is 0 Å². The molecule has 1 atom stereocenters. The van der Waals surface area contributed by atoms with E-state index in [9.17, 15) is 28.1 Å². The number of hydrogen-bond donors (Lipinski definition) is 1. The van der Waals surface area contributed by atoms with Gasteiger partial charge in [-0.1, -0.05) is 0 Å². The maximum atomic E-state index is 12.6. The molecule has 1 aromatic carbocycles. The van der Waals surface area contributed by atoms with Crippen LogP contribution in [0.15, 0.2) is 24.4 Å². The molecule has 0 amide bonds. The van der Waals surface area contributed by atoms with E-state index in [4.69, 9.17) is 5.11 Å². The lowest BCUT2D eigenvalue weighted by molar-refractivity contribution is -0.384. The van der Waals surface area contributed by atoms with Crippen LogP contribution in [-0.4, -0.2) is 32.0 Å². The minimum Gasteiger partial charge on any atom is -0.481 e. The highest BCUT2D eigenvalue weighted by Crippen LogP contribution is 2.29.